The zero-order valence-electron chi connectivity index (χ0n) is 23.5. The second-order valence-corrected chi connectivity index (χ2v) is 16.5. The van der Waals surface area contributed by atoms with Crippen LogP contribution in [0.25, 0.3) is 0 Å². The first-order valence-electron chi connectivity index (χ1n) is 14.0. The Hall–Kier alpha value is -2.03. The molecule has 0 aromatic heterocycles. The zero-order valence-corrected chi connectivity index (χ0v) is 24.5. The number of carbonyl (C=O) groups is 1. The van der Waals surface area contributed by atoms with Crippen molar-refractivity contribution in [2.75, 3.05) is 6.61 Å². The Morgan fingerprint density at radius 3 is 2.08 bits per heavy atom. The lowest BCUT2D eigenvalue weighted by Gasteiger charge is -2.45. The van der Waals surface area contributed by atoms with Gasteiger partial charge >= 0.3 is 5.97 Å². The maximum atomic E-state index is 12.1. The van der Waals surface area contributed by atoms with Crippen LogP contribution in [0.15, 0.2) is 60.7 Å². The third-order valence-electron chi connectivity index (χ3n) is 7.72. The van der Waals surface area contributed by atoms with Crippen LogP contribution in [0.3, 0.4) is 0 Å². The van der Waals surface area contributed by atoms with E-state index >= 15 is 0 Å². The highest BCUT2D eigenvalue weighted by Gasteiger charge is 2.52. The van der Waals surface area contributed by atoms with Crippen LogP contribution < -0.4 is 10.4 Å². The van der Waals surface area contributed by atoms with Crippen LogP contribution in [-0.4, -0.2) is 56.2 Å². The molecule has 2 aromatic carbocycles. The summed E-state index contributed by atoms with van der Waals surface area (Å²) in [5.41, 5.74) is 0. The lowest BCUT2D eigenvalue weighted by atomic mass is 9.96. The quantitative estimate of drug-likeness (QED) is 0.414. The fourth-order valence-electron chi connectivity index (χ4n) is 6.10. The summed E-state index contributed by atoms with van der Waals surface area (Å²) in [6.07, 6.45) is 3.82. The molecule has 2 saturated heterocycles. The molecule has 0 bridgehead atoms. The highest BCUT2D eigenvalue weighted by molar-refractivity contribution is 6.99. The lowest BCUT2D eigenvalue weighted by Crippen LogP contribution is -2.68. The summed E-state index contributed by atoms with van der Waals surface area (Å²) >= 11 is 0. The molecule has 4 rings (SSSR count). The predicted octanol–water partition coefficient (Wildman–Crippen LogP) is 5.28. The summed E-state index contributed by atoms with van der Waals surface area (Å²) in [7, 11) is -2.88. The molecule has 4 atom stereocenters. The van der Waals surface area contributed by atoms with Gasteiger partial charge in [-0.05, 0) is 54.9 Å². The van der Waals surface area contributed by atoms with E-state index in [4.69, 9.17) is 18.6 Å². The third-order valence-corrected chi connectivity index (χ3v) is 12.8. The van der Waals surface area contributed by atoms with Gasteiger partial charge in [0, 0.05) is 6.42 Å². The van der Waals surface area contributed by atoms with Crippen molar-refractivity contribution in [3.05, 3.63) is 60.7 Å². The molecular weight excluding hydrogens is 496 g/mol. The Labute approximate surface area is 228 Å². The van der Waals surface area contributed by atoms with Gasteiger partial charge in [0.25, 0.3) is 8.32 Å². The van der Waals surface area contributed by atoms with Crippen LogP contribution in [-0.2, 0) is 23.4 Å². The topological polar surface area (TPSA) is 74.2 Å². The van der Waals surface area contributed by atoms with Gasteiger partial charge in [-0.15, -0.1) is 0 Å². The smallest absolute Gasteiger partial charge is 0.305 e. The molecule has 2 fully saturated rings. The Morgan fingerprint density at radius 1 is 1.00 bits per heavy atom. The van der Waals surface area contributed by atoms with E-state index in [9.17, 15) is 9.90 Å². The number of rotatable bonds is 10. The first kappa shape index (κ1) is 29.0. The number of hydrogen-bond acceptors (Lipinski definition) is 5. The number of hydrogen-bond donors (Lipinski definition) is 1. The average molecular weight is 541 g/mol. The first-order valence-corrected chi connectivity index (χ1v) is 15.9. The van der Waals surface area contributed by atoms with Gasteiger partial charge in [0.1, 0.15) is 0 Å². The van der Waals surface area contributed by atoms with E-state index in [0.29, 0.717) is 13.0 Å². The summed E-state index contributed by atoms with van der Waals surface area (Å²) in [5, 5.41) is 12.0. The van der Waals surface area contributed by atoms with Crippen LogP contribution in [0.4, 0.5) is 0 Å². The van der Waals surface area contributed by atoms with Gasteiger partial charge in [-0.3, -0.25) is 4.79 Å². The number of carboxylic acids is 1. The molecule has 38 heavy (non-hydrogen) atoms. The largest absolute Gasteiger partial charge is 0.481 e. The average Bonchev–Trinajstić information content (AvgIpc) is 3.20. The van der Waals surface area contributed by atoms with E-state index in [1.54, 1.807) is 0 Å². The van der Waals surface area contributed by atoms with E-state index in [-0.39, 0.29) is 29.8 Å². The Kier molecular flexibility index (Phi) is 9.15. The Bertz CT molecular complexity index is 996. The molecule has 2 aliphatic heterocycles. The van der Waals surface area contributed by atoms with Crippen LogP contribution in [0.1, 0.15) is 73.1 Å². The molecule has 0 amide bonds. The van der Waals surface area contributed by atoms with Crippen LogP contribution in [0.2, 0.25) is 5.04 Å². The second kappa shape index (κ2) is 12.0. The molecule has 0 aliphatic carbocycles. The van der Waals surface area contributed by atoms with Gasteiger partial charge in [-0.25, -0.2) is 0 Å². The monoisotopic (exact) mass is 540 g/mol. The fourth-order valence-corrected chi connectivity index (χ4v) is 10.8. The van der Waals surface area contributed by atoms with Gasteiger partial charge in [0.15, 0.2) is 5.79 Å². The fraction of sp³-hybridized carbons (Fsp3) is 0.581. The number of aliphatic carboxylic acids is 1. The minimum Gasteiger partial charge on any atom is -0.481 e. The van der Waals surface area contributed by atoms with Gasteiger partial charge in [-0.1, -0.05) is 81.4 Å². The highest BCUT2D eigenvalue weighted by Crippen LogP contribution is 2.39. The number of carboxylic acid groups (broad SMARTS) is 1. The van der Waals surface area contributed by atoms with Crippen molar-refractivity contribution in [1.82, 2.24) is 0 Å². The van der Waals surface area contributed by atoms with Gasteiger partial charge in [-0.2, -0.15) is 0 Å². The highest BCUT2D eigenvalue weighted by atomic mass is 28.4. The summed E-state index contributed by atoms with van der Waals surface area (Å²) in [5.74, 6) is -1.39. The molecular formula is C31H44O6Si. The van der Waals surface area contributed by atoms with Crippen molar-refractivity contribution >= 4 is 24.7 Å². The van der Waals surface area contributed by atoms with Crippen molar-refractivity contribution in [2.45, 2.75) is 108 Å². The lowest BCUT2D eigenvalue weighted by molar-refractivity contribution is -0.147. The molecule has 2 heterocycles. The summed E-state index contributed by atoms with van der Waals surface area (Å²) in [4.78, 5) is 12.1. The molecule has 0 unspecified atom stereocenters. The number of ether oxygens (including phenoxy) is 3. The van der Waals surface area contributed by atoms with Crippen molar-refractivity contribution in [3.8, 4) is 0 Å². The molecule has 0 spiro atoms. The molecule has 6 nitrogen and oxygen atoms in total. The Morgan fingerprint density at radius 2 is 1.58 bits per heavy atom. The van der Waals surface area contributed by atoms with Crippen molar-refractivity contribution < 1.29 is 28.5 Å². The normalized spacial score (nSPS) is 24.7. The van der Waals surface area contributed by atoms with Gasteiger partial charge in [0.05, 0.1) is 37.4 Å². The minimum absolute atomic E-state index is 0.0249. The van der Waals surface area contributed by atoms with Gasteiger partial charge < -0.3 is 23.7 Å². The molecule has 0 radical (unpaired) electrons. The van der Waals surface area contributed by atoms with Crippen LogP contribution in [0.5, 0.6) is 0 Å². The van der Waals surface area contributed by atoms with E-state index in [1.165, 1.54) is 0 Å². The van der Waals surface area contributed by atoms with E-state index < -0.39 is 26.2 Å². The van der Waals surface area contributed by atoms with Crippen LogP contribution in [0, 0.1) is 0 Å². The maximum Gasteiger partial charge on any atom is 0.305 e. The minimum atomic E-state index is -2.88. The van der Waals surface area contributed by atoms with E-state index in [2.05, 4.69) is 45.0 Å². The molecule has 208 valence electrons. The third kappa shape index (κ3) is 6.93. The summed E-state index contributed by atoms with van der Waals surface area (Å²) in [6.45, 7) is 11.1. The predicted molar refractivity (Wildman–Crippen MR) is 151 cm³/mol. The molecule has 1 N–H and O–H groups in total. The standard InChI is InChI=1S/C31H44O6Si/c1-30(2,3)38(27-15-8-6-9-16-27,28-17-10-7-11-18-28)37-25(21-29(32)33)19-23-13-12-14-24(35-23)20-26-22-34-31(4,5)36-26/h6-11,15-18,23-26H,12-14,19-22H2,1-5H3,(H,32,33)/t23-,24+,25+,26+/m0/s1. The van der Waals surface area contributed by atoms with E-state index in [0.717, 1.165) is 36.1 Å². The zero-order chi connectivity index (χ0) is 27.4. The first-order chi connectivity index (χ1) is 18.0. The Balaban J connectivity index is 1.58. The van der Waals surface area contributed by atoms with Gasteiger partial charge in [0.2, 0.25) is 0 Å². The molecule has 2 aromatic rings. The molecule has 0 saturated carbocycles. The second-order valence-electron chi connectivity index (χ2n) is 12.2. The summed E-state index contributed by atoms with van der Waals surface area (Å²) < 4.78 is 25.5. The summed E-state index contributed by atoms with van der Waals surface area (Å²) in [6, 6.07) is 20.8. The maximum absolute atomic E-state index is 12.1. The number of benzene rings is 2. The van der Waals surface area contributed by atoms with Crippen molar-refractivity contribution in [1.29, 1.82) is 0 Å². The molecule has 7 heteroatoms. The van der Waals surface area contributed by atoms with Crippen molar-refractivity contribution in [3.63, 3.8) is 0 Å². The molecule has 2 aliphatic rings. The van der Waals surface area contributed by atoms with Crippen molar-refractivity contribution in [2.24, 2.45) is 0 Å². The van der Waals surface area contributed by atoms with E-state index in [1.807, 2.05) is 50.2 Å². The van der Waals surface area contributed by atoms with Crippen LogP contribution >= 0.6 is 0 Å². The SMILES string of the molecule is CC1(C)OC[C@@H](C[C@H]2CCC[C@@H](C[C@H](CC(=O)O)O[Si](c3ccccc3)(c3ccccc3)C(C)(C)C)O2)O1.